The zero-order valence-corrected chi connectivity index (χ0v) is 24.1. The predicted molar refractivity (Wildman–Crippen MR) is 167 cm³/mol. The molecule has 0 spiro atoms. The number of aryl methyl sites for hydroxylation is 4. The van der Waals surface area contributed by atoms with E-state index in [2.05, 4.69) is 134 Å². The summed E-state index contributed by atoms with van der Waals surface area (Å²) < 4.78 is 0. The quantitative estimate of drug-likeness (QED) is 0.206. The van der Waals surface area contributed by atoms with Gasteiger partial charge in [-0.2, -0.15) is 0 Å². The van der Waals surface area contributed by atoms with Gasteiger partial charge in [-0.1, -0.05) is 52.0 Å². The summed E-state index contributed by atoms with van der Waals surface area (Å²) in [6.07, 6.45) is 14.2. The van der Waals surface area contributed by atoms with Gasteiger partial charge in [-0.25, -0.2) is 15.0 Å². The van der Waals surface area contributed by atoms with Crippen LogP contribution < -0.4 is 9.91 Å². The molecule has 2 aromatic heterocycles. The predicted octanol–water partition coefficient (Wildman–Crippen LogP) is 8.33. The Morgan fingerprint density at radius 1 is 0.650 bits per heavy atom. The Balaban J connectivity index is 1.59. The van der Waals surface area contributed by atoms with Crippen LogP contribution in [-0.2, 0) is 25.7 Å². The molecule has 5 heteroatoms. The second-order valence-electron chi connectivity index (χ2n) is 10.0. The smallest absolute Gasteiger partial charge is 0.152 e. The highest BCUT2D eigenvalue weighted by atomic mass is 15.6. The van der Waals surface area contributed by atoms with E-state index >= 15 is 0 Å². The molecule has 0 fully saturated rings. The van der Waals surface area contributed by atoms with Crippen LogP contribution in [0.3, 0.4) is 0 Å². The van der Waals surface area contributed by atoms with Crippen molar-refractivity contribution in [1.82, 2.24) is 15.0 Å². The van der Waals surface area contributed by atoms with Gasteiger partial charge in [0.1, 0.15) is 5.82 Å². The average Bonchev–Trinajstić information content (AvgIpc) is 3.02. The highest BCUT2D eigenvalue weighted by Gasteiger charge is 2.25. The summed E-state index contributed by atoms with van der Waals surface area (Å²) in [5, 5.41) is 4.49. The molecule has 0 aliphatic carbocycles. The van der Waals surface area contributed by atoms with Crippen LogP contribution in [0.25, 0.3) is 0 Å². The van der Waals surface area contributed by atoms with E-state index in [-0.39, 0.29) is 0 Å². The molecule has 0 N–H and O–H groups in total. The zero-order valence-electron chi connectivity index (χ0n) is 24.1. The number of rotatable bonds is 10. The lowest BCUT2D eigenvalue weighted by molar-refractivity contribution is 0.404. The van der Waals surface area contributed by atoms with Gasteiger partial charge in [-0.05, 0) is 109 Å². The summed E-state index contributed by atoms with van der Waals surface area (Å²) in [4.78, 5) is 12.0. The van der Waals surface area contributed by atoms with Gasteiger partial charge in [0.05, 0.1) is 12.2 Å². The topological polar surface area (TPSA) is 35.5 Å². The van der Waals surface area contributed by atoms with Crippen molar-refractivity contribution >= 4 is 23.0 Å². The monoisotopic (exact) mass is 529 g/mol. The summed E-state index contributed by atoms with van der Waals surface area (Å²) in [5.74, 6) is 1.84. The Hall–Kier alpha value is -4.38. The van der Waals surface area contributed by atoms with Crippen molar-refractivity contribution in [2.24, 2.45) is 0 Å². The molecule has 0 unspecified atom stereocenters. The van der Waals surface area contributed by atoms with E-state index in [1.807, 2.05) is 12.4 Å². The third kappa shape index (κ3) is 5.94. The van der Waals surface area contributed by atoms with Crippen molar-refractivity contribution in [3.05, 3.63) is 131 Å². The van der Waals surface area contributed by atoms with Gasteiger partial charge in [0.2, 0.25) is 0 Å². The third-order valence-corrected chi connectivity index (χ3v) is 7.44. The normalized spacial score (nSPS) is 12.8. The van der Waals surface area contributed by atoms with Crippen LogP contribution in [0.5, 0.6) is 0 Å². The van der Waals surface area contributed by atoms with Gasteiger partial charge >= 0.3 is 0 Å². The van der Waals surface area contributed by atoms with E-state index < -0.39 is 0 Å². The molecule has 5 nitrogen and oxygen atoms in total. The molecular weight excluding hydrogens is 490 g/mol. The third-order valence-electron chi connectivity index (χ3n) is 7.44. The van der Waals surface area contributed by atoms with Crippen LogP contribution in [0.2, 0.25) is 0 Å². The Morgan fingerprint density at radius 3 is 1.85 bits per heavy atom. The van der Waals surface area contributed by atoms with Crippen LogP contribution in [0.15, 0.2) is 109 Å². The Bertz CT molecular complexity index is 1410. The summed E-state index contributed by atoms with van der Waals surface area (Å²) >= 11 is 0. The fourth-order valence-corrected chi connectivity index (χ4v) is 5.09. The lowest BCUT2D eigenvalue weighted by Crippen LogP contribution is -2.41. The fourth-order valence-electron chi connectivity index (χ4n) is 5.09. The number of hydrogen-bond donors (Lipinski definition) is 0. The number of hydrazine groups is 1. The van der Waals surface area contributed by atoms with E-state index in [9.17, 15) is 0 Å². The van der Waals surface area contributed by atoms with Crippen molar-refractivity contribution in [3.8, 4) is 0 Å². The minimum atomic E-state index is 0.652. The number of allylic oxidation sites excluding steroid dienone is 2. The van der Waals surface area contributed by atoms with Crippen molar-refractivity contribution in [3.63, 3.8) is 0 Å². The van der Waals surface area contributed by atoms with E-state index in [1.54, 1.807) is 0 Å². The maximum atomic E-state index is 4.84. The summed E-state index contributed by atoms with van der Waals surface area (Å²) in [7, 11) is 0. The molecule has 1 aliphatic heterocycles. The molecule has 0 radical (unpaired) electrons. The second kappa shape index (κ2) is 12.6. The molecule has 0 bridgehead atoms. The van der Waals surface area contributed by atoms with Gasteiger partial charge in [-0.3, -0.25) is 9.91 Å². The number of benzene rings is 2. The van der Waals surface area contributed by atoms with E-state index in [0.29, 0.717) is 6.54 Å². The van der Waals surface area contributed by atoms with Gasteiger partial charge in [-0.15, -0.1) is 0 Å². The molecule has 204 valence electrons. The van der Waals surface area contributed by atoms with Crippen molar-refractivity contribution in [2.75, 3.05) is 16.5 Å². The van der Waals surface area contributed by atoms with Crippen LogP contribution in [0, 0.1) is 0 Å². The SMILES string of the molecule is CCc1cccc(N(C2=CC=CN(N(c3cccc(CC)c3)c3cc(CC)ccn3)C2)c2cc(CC)ccn2)c1. The minimum absolute atomic E-state index is 0.652. The molecule has 1 aliphatic rings. The van der Waals surface area contributed by atoms with Gasteiger partial charge in [0.15, 0.2) is 5.82 Å². The first-order valence-electron chi connectivity index (χ1n) is 14.4. The van der Waals surface area contributed by atoms with Crippen LogP contribution in [0.1, 0.15) is 49.9 Å². The lowest BCUT2D eigenvalue weighted by atomic mass is 10.1. The van der Waals surface area contributed by atoms with E-state index in [0.717, 1.165) is 54.4 Å². The summed E-state index contributed by atoms with van der Waals surface area (Å²) in [6, 6.07) is 26.1. The molecule has 0 amide bonds. The summed E-state index contributed by atoms with van der Waals surface area (Å²) in [5.41, 5.74) is 8.48. The fraction of sp³-hybridized carbons (Fsp3) is 0.257. The van der Waals surface area contributed by atoms with Gasteiger partial charge < -0.3 is 0 Å². The Kier molecular flexibility index (Phi) is 8.60. The Labute approximate surface area is 239 Å². The number of nitrogens with zero attached hydrogens (tertiary/aromatic N) is 5. The van der Waals surface area contributed by atoms with Crippen LogP contribution in [-0.4, -0.2) is 21.5 Å². The molecular formula is C35H39N5. The highest BCUT2D eigenvalue weighted by Crippen LogP contribution is 2.34. The first-order chi connectivity index (χ1) is 19.6. The first-order valence-corrected chi connectivity index (χ1v) is 14.4. The van der Waals surface area contributed by atoms with E-state index in [4.69, 9.17) is 9.97 Å². The zero-order chi connectivity index (χ0) is 27.9. The largest absolute Gasteiger partial charge is 0.297 e. The van der Waals surface area contributed by atoms with E-state index in [1.165, 1.54) is 22.3 Å². The molecule has 0 saturated heterocycles. The van der Waals surface area contributed by atoms with Crippen molar-refractivity contribution in [2.45, 2.75) is 53.4 Å². The molecule has 0 saturated carbocycles. The highest BCUT2D eigenvalue weighted by molar-refractivity contribution is 5.68. The molecule has 2 aromatic carbocycles. The molecule has 4 aromatic rings. The number of aromatic nitrogens is 2. The number of hydrogen-bond acceptors (Lipinski definition) is 5. The Morgan fingerprint density at radius 2 is 1.20 bits per heavy atom. The molecule has 3 heterocycles. The van der Waals surface area contributed by atoms with Crippen LogP contribution in [0.4, 0.5) is 23.0 Å². The molecule has 40 heavy (non-hydrogen) atoms. The maximum absolute atomic E-state index is 4.84. The summed E-state index contributed by atoms with van der Waals surface area (Å²) in [6.45, 7) is 9.41. The lowest BCUT2D eigenvalue weighted by Gasteiger charge is -2.39. The van der Waals surface area contributed by atoms with Gasteiger partial charge in [0.25, 0.3) is 0 Å². The minimum Gasteiger partial charge on any atom is -0.297 e. The van der Waals surface area contributed by atoms with Crippen LogP contribution >= 0.6 is 0 Å². The maximum Gasteiger partial charge on any atom is 0.152 e. The second-order valence-corrected chi connectivity index (χ2v) is 10.0. The first kappa shape index (κ1) is 27.2. The average molecular weight is 530 g/mol. The van der Waals surface area contributed by atoms with Crippen molar-refractivity contribution < 1.29 is 0 Å². The number of pyridine rings is 2. The van der Waals surface area contributed by atoms with Gasteiger partial charge in [0, 0.05) is 30.0 Å². The molecule has 0 atom stereocenters. The van der Waals surface area contributed by atoms with Crippen molar-refractivity contribution in [1.29, 1.82) is 0 Å². The standard InChI is InChI=1S/C35H39N5/c1-5-27-12-9-14-31(22-27)39(34-24-29(7-3)17-19-36-34)33-16-11-21-38(26-33)40(32-15-10-13-28(6-2)23-32)35-25-30(8-4)18-20-37-35/h9-25H,5-8,26H2,1-4H3. The molecule has 5 rings (SSSR count). The number of anilines is 4.